The maximum absolute atomic E-state index is 12.2. The molecule has 1 amide bonds. The van der Waals surface area contributed by atoms with Crippen LogP contribution < -0.4 is 10.6 Å². The number of carbonyl (C=O) groups is 1. The van der Waals surface area contributed by atoms with Gasteiger partial charge in [-0.15, -0.1) is 0 Å². The molecule has 0 saturated heterocycles. The Balaban J connectivity index is 1.74. The van der Waals surface area contributed by atoms with E-state index >= 15 is 0 Å². The normalized spacial score (nSPS) is 15.9. The molecule has 2 aromatic heterocycles. The Hall–Kier alpha value is -3.08. The molecule has 0 saturated carbocycles. The van der Waals surface area contributed by atoms with E-state index in [0.29, 0.717) is 18.2 Å². The van der Waals surface area contributed by atoms with Gasteiger partial charge in [0.15, 0.2) is 28.9 Å². The van der Waals surface area contributed by atoms with Crippen LogP contribution in [0.5, 0.6) is 5.75 Å². The Morgan fingerprint density at radius 3 is 2.81 bits per heavy atom. The van der Waals surface area contributed by atoms with Gasteiger partial charge in [0, 0.05) is 21.1 Å². The van der Waals surface area contributed by atoms with Gasteiger partial charge in [0.25, 0.3) is 5.91 Å². The molecule has 1 unspecified atom stereocenters. The maximum atomic E-state index is 12.2. The molecule has 2 aromatic rings. The van der Waals surface area contributed by atoms with E-state index in [4.69, 9.17) is 4.74 Å². The highest BCUT2D eigenvalue weighted by Crippen LogP contribution is 2.31. The Bertz CT molecular complexity index is 900. The first-order chi connectivity index (χ1) is 12.9. The zero-order chi connectivity index (χ0) is 19.6. The van der Waals surface area contributed by atoms with Crippen molar-refractivity contribution in [3.05, 3.63) is 29.7 Å². The van der Waals surface area contributed by atoms with Crippen LogP contribution in [0.15, 0.2) is 24.0 Å². The Kier molecular flexibility index (Phi) is 5.31. The molecule has 0 radical (unpaired) electrons. The van der Waals surface area contributed by atoms with Crippen molar-refractivity contribution in [2.45, 2.75) is 13.0 Å². The molecule has 10 nitrogen and oxygen atoms in total. The molecule has 0 fully saturated rings. The topological polar surface area (TPSA) is 117 Å². The molecule has 3 N–H and O–H groups in total. The largest absolute Gasteiger partial charge is 0.503 e. The molecule has 1 aliphatic rings. The molecule has 0 aliphatic carbocycles. The smallest absolute Gasteiger partial charge is 0.275 e. The maximum Gasteiger partial charge on any atom is 0.275 e. The minimum atomic E-state index is -0.353. The Morgan fingerprint density at radius 2 is 2.11 bits per heavy atom. The molecule has 3 heterocycles. The summed E-state index contributed by atoms with van der Waals surface area (Å²) in [5.41, 5.74) is 0.0849. The van der Waals surface area contributed by atoms with Crippen LogP contribution in [0, 0.1) is 0 Å². The van der Waals surface area contributed by atoms with Gasteiger partial charge in [-0.1, -0.05) is 6.08 Å². The molecule has 27 heavy (non-hydrogen) atoms. The van der Waals surface area contributed by atoms with E-state index in [2.05, 4.69) is 24.5 Å². The third kappa shape index (κ3) is 4.03. The van der Waals surface area contributed by atoms with Crippen LogP contribution in [0.25, 0.3) is 0 Å². The second kappa shape index (κ2) is 7.66. The van der Waals surface area contributed by atoms with Gasteiger partial charge in [0.2, 0.25) is 0 Å². The van der Waals surface area contributed by atoms with Crippen LogP contribution in [0.4, 0.5) is 17.5 Å². The number of anilines is 3. The highest BCUT2D eigenvalue weighted by molar-refractivity contribution is 6.99. The van der Waals surface area contributed by atoms with Crippen molar-refractivity contribution in [3.8, 4) is 5.75 Å². The summed E-state index contributed by atoms with van der Waals surface area (Å²) >= 11 is 1.01. The van der Waals surface area contributed by atoms with E-state index in [1.807, 2.05) is 25.2 Å². The van der Waals surface area contributed by atoms with Crippen LogP contribution >= 0.6 is 11.7 Å². The van der Waals surface area contributed by atoms with Gasteiger partial charge in [-0.2, -0.15) is 13.8 Å². The van der Waals surface area contributed by atoms with Gasteiger partial charge in [-0.05, 0) is 19.1 Å². The van der Waals surface area contributed by atoms with Gasteiger partial charge < -0.3 is 25.4 Å². The highest BCUT2D eigenvalue weighted by atomic mass is 32.1. The number of amides is 1. The number of carbonyl (C=O) groups excluding carboxylic acids is 1. The number of ether oxygens (including phenoxy) is 1. The summed E-state index contributed by atoms with van der Waals surface area (Å²) < 4.78 is 15.4. The lowest BCUT2D eigenvalue weighted by atomic mass is 10.2. The van der Waals surface area contributed by atoms with E-state index in [-0.39, 0.29) is 29.3 Å². The van der Waals surface area contributed by atoms with Crippen molar-refractivity contribution < 1.29 is 14.6 Å². The predicted molar refractivity (Wildman–Crippen MR) is 102 cm³/mol. The highest BCUT2D eigenvalue weighted by Gasteiger charge is 2.24. The summed E-state index contributed by atoms with van der Waals surface area (Å²) in [7, 11) is 4.79. The molecule has 144 valence electrons. The number of aromatic hydroxyl groups is 1. The fourth-order valence-electron chi connectivity index (χ4n) is 2.46. The minimum absolute atomic E-state index is 0.0241. The predicted octanol–water partition coefficient (Wildman–Crippen LogP) is 1.69. The van der Waals surface area contributed by atoms with E-state index in [1.165, 1.54) is 9.58 Å². The molecule has 1 aliphatic heterocycles. The second-order valence-electron chi connectivity index (χ2n) is 6.15. The van der Waals surface area contributed by atoms with Crippen molar-refractivity contribution in [2.24, 2.45) is 7.05 Å². The summed E-state index contributed by atoms with van der Waals surface area (Å²) in [6, 6.07) is 0. The number of aromatic nitrogens is 4. The first-order valence-corrected chi connectivity index (χ1v) is 8.95. The third-order valence-electron chi connectivity index (χ3n) is 3.79. The Labute approximate surface area is 160 Å². The van der Waals surface area contributed by atoms with Crippen LogP contribution in [0.1, 0.15) is 17.4 Å². The van der Waals surface area contributed by atoms with E-state index in [1.54, 1.807) is 21.1 Å². The first kappa shape index (κ1) is 18.7. The fourth-order valence-corrected chi connectivity index (χ4v) is 2.94. The van der Waals surface area contributed by atoms with Crippen LogP contribution in [0.3, 0.4) is 0 Å². The lowest BCUT2D eigenvalue weighted by molar-refractivity contribution is 0.0814. The summed E-state index contributed by atoms with van der Waals surface area (Å²) in [6.45, 7) is 2.39. The molecule has 0 aromatic carbocycles. The average Bonchev–Trinajstić information content (AvgIpc) is 3.17. The van der Waals surface area contributed by atoms with E-state index < -0.39 is 0 Å². The number of rotatable bonds is 6. The lowest BCUT2D eigenvalue weighted by Gasteiger charge is -2.17. The second-order valence-corrected chi connectivity index (χ2v) is 6.68. The quantitative estimate of drug-likeness (QED) is 0.681. The standard InChI is InChI=1S/C16H21N7O3S/c1-9-6-5-7-10(26-9)8-17-14-15(21-27-20-14)18-13-12(24)11(23(4)19-13)16(25)22(2)3/h5-7,9,24H,8H2,1-4H3,(H,17,20)(H,18,19,21). The number of hydrogen-bond donors (Lipinski definition) is 3. The molecular weight excluding hydrogens is 370 g/mol. The first-order valence-electron chi connectivity index (χ1n) is 8.22. The van der Waals surface area contributed by atoms with Crippen molar-refractivity contribution in [1.29, 1.82) is 0 Å². The zero-order valence-corrected chi connectivity index (χ0v) is 16.2. The van der Waals surface area contributed by atoms with E-state index in [9.17, 15) is 9.90 Å². The van der Waals surface area contributed by atoms with Gasteiger partial charge in [-0.3, -0.25) is 9.48 Å². The lowest BCUT2D eigenvalue weighted by Crippen LogP contribution is -2.24. The SMILES string of the molecule is CC1C=CC=C(CNc2nsnc2Nc2nn(C)c(C(=O)N(C)C)c2O)O1. The minimum Gasteiger partial charge on any atom is -0.503 e. The molecule has 11 heteroatoms. The monoisotopic (exact) mass is 391 g/mol. The van der Waals surface area contributed by atoms with Crippen LogP contribution in [-0.4, -0.2) is 61.2 Å². The van der Waals surface area contributed by atoms with Crippen molar-refractivity contribution in [2.75, 3.05) is 31.3 Å². The number of aryl methyl sites for hydroxylation is 1. The van der Waals surface area contributed by atoms with Crippen molar-refractivity contribution in [3.63, 3.8) is 0 Å². The summed E-state index contributed by atoms with van der Waals surface area (Å²) in [4.78, 5) is 13.6. The molecule has 0 spiro atoms. The van der Waals surface area contributed by atoms with Gasteiger partial charge in [0.1, 0.15) is 11.9 Å². The van der Waals surface area contributed by atoms with Gasteiger partial charge >= 0.3 is 0 Å². The third-order valence-corrected chi connectivity index (χ3v) is 4.32. The van der Waals surface area contributed by atoms with Crippen molar-refractivity contribution in [1.82, 2.24) is 23.4 Å². The number of nitrogens with zero attached hydrogens (tertiary/aromatic N) is 5. The fraction of sp³-hybridized carbons (Fsp3) is 0.375. The molecule has 0 bridgehead atoms. The Morgan fingerprint density at radius 1 is 1.37 bits per heavy atom. The summed E-state index contributed by atoms with van der Waals surface area (Å²) in [5, 5.41) is 20.6. The number of allylic oxidation sites excluding steroid dienone is 2. The van der Waals surface area contributed by atoms with Gasteiger partial charge in [0.05, 0.1) is 18.3 Å². The number of nitrogens with one attached hydrogen (secondary N) is 2. The summed E-state index contributed by atoms with van der Waals surface area (Å²) in [6.07, 6.45) is 5.80. The van der Waals surface area contributed by atoms with Crippen LogP contribution in [-0.2, 0) is 11.8 Å². The molecular formula is C16H21N7O3S. The van der Waals surface area contributed by atoms with Crippen molar-refractivity contribution >= 4 is 35.1 Å². The summed E-state index contributed by atoms with van der Waals surface area (Å²) in [5.74, 6) is 1.21. The van der Waals surface area contributed by atoms with Gasteiger partial charge in [-0.25, -0.2) is 0 Å². The zero-order valence-electron chi connectivity index (χ0n) is 15.4. The molecule has 1 atom stereocenters. The van der Waals surface area contributed by atoms with E-state index in [0.717, 1.165) is 17.5 Å². The molecule has 3 rings (SSSR count). The van der Waals surface area contributed by atoms with Crippen LogP contribution in [0.2, 0.25) is 0 Å². The number of hydrogen-bond acceptors (Lipinski definition) is 9. The average molecular weight is 391 g/mol.